The van der Waals surface area contributed by atoms with Crippen LogP contribution in [0.4, 0.5) is 0 Å². The van der Waals surface area contributed by atoms with Crippen molar-refractivity contribution in [2.45, 2.75) is 19.0 Å². The summed E-state index contributed by atoms with van der Waals surface area (Å²) in [5.41, 5.74) is 3.80. The maximum Gasteiger partial charge on any atom is 0.266 e. The largest absolute Gasteiger partial charge is 0.268 e. The molecule has 2 aromatic carbocycles. The van der Waals surface area contributed by atoms with E-state index >= 15 is 0 Å². The molecule has 4 heteroatoms. The molecule has 0 aliphatic heterocycles. The number of benzene rings is 2. The summed E-state index contributed by atoms with van der Waals surface area (Å²) in [4.78, 5) is 17.7. The molecule has 0 radical (unpaired) electrons. The van der Waals surface area contributed by atoms with Crippen LogP contribution < -0.4 is 5.56 Å². The Labute approximate surface area is 139 Å². The fraction of sp³-hybridized carbons (Fsp3) is 0.158. The van der Waals surface area contributed by atoms with Crippen LogP contribution >= 0.6 is 11.8 Å². The first-order valence-electron chi connectivity index (χ1n) is 7.44. The number of fused-ring (bicyclic) bond motifs is 1. The van der Waals surface area contributed by atoms with E-state index < -0.39 is 0 Å². The smallest absolute Gasteiger partial charge is 0.266 e. The molecule has 0 saturated carbocycles. The van der Waals surface area contributed by atoms with E-state index in [1.807, 2.05) is 56.3 Å². The molecule has 0 N–H and O–H groups in total. The summed E-state index contributed by atoms with van der Waals surface area (Å²) < 4.78 is 1.70. The van der Waals surface area contributed by atoms with Crippen LogP contribution in [0.2, 0.25) is 0 Å². The maximum atomic E-state index is 13.0. The molecule has 1 heterocycles. The van der Waals surface area contributed by atoms with E-state index in [2.05, 4.69) is 17.6 Å². The molecule has 3 aromatic rings. The molecule has 0 unspecified atom stereocenters. The summed E-state index contributed by atoms with van der Waals surface area (Å²) in [6.07, 6.45) is 1.82. The maximum absolute atomic E-state index is 13.0. The Bertz CT molecular complexity index is 923. The molecule has 3 rings (SSSR count). The van der Waals surface area contributed by atoms with Gasteiger partial charge in [0.25, 0.3) is 5.56 Å². The molecular formula is C19H18N2OS. The van der Waals surface area contributed by atoms with Gasteiger partial charge in [-0.25, -0.2) is 4.98 Å². The zero-order valence-electron chi connectivity index (χ0n) is 13.2. The number of rotatable bonds is 4. The molecule has 0 saturated heterocycles. The van der Waals surface area contributed by atoms with Crippen LogP contribution in [0.5, 0.6) is 0 Å². The van der Waals surface area contributed by atoms with Gasteiger partial charge in [0.05, 0.1) is 16.6 Å². The average Bonchev–Trinajstić information content (AvgIpc) is 2.52. The SMILES string of the molecule is C=CCSc1nc2ccccc2c(=O)n1-c1cc(C)cc(C)c1. The van der Waals surface area contributed by atoms with Gasteiger partial charge >= 0.3 is 0 Å². The van der Waals surface area contributed by atoms with E-state index in [1.54, 1.807) is 4.57 Å². The summed E-state index contributed by atoms with van der Waals surface area (Å²) in [6, 6.07) is 13.6. The third-order valence-corrected chi connectivity index (χ3v) is 4.47. The Morgan fingerprint density at radius 2 is 1.87 bits per heavy atom. The lowest BCUT2D eigenvalue weighted by Crippen LogP contribution is -2.22. The third-order valence-electron chi connectivity index (χ3n) is 3.54. The van der Waals surface area contributed by atoms with E-state index in [1.165, 1.54) is 11.8 Å². The first-order chi connectivity index (χ1) is 11.1. The average molecular weight is 322 g/mol. The van der Waals surface area contributed by atoms with Crippen LogP contribution in [0, 0.1) is 13.8 Å². The van der Waals surface area contributed by atoms with Crippen molar-refractivity contribution in [3.63, 3.8) is 0 Å². The van der Waals surface area contributed by atoms with Crippen LogP contribution in [0.25, 0.3) is 16.6 Å². The van der Waals surface area contributed by atoms with E-state index in [-0.39, 0.29) is 5.56 Å². The van der Waals surface area contributed by atoms with Crippen molar-refractivity contribution in [2.24, 2.45) is 0 Å². The number of thioether (sulfide) groups is 1. The molecule has 0 amide bonds. The number of aromatic nitrogens is 2. The first kappa shape index (κ1) is 15.6. The molecular weight excluding hydrogens is 304 g/mol. The second-order valence-corrected chi connectivity index (χ2v) is 6.48. The van der Waals surface area contributed by atoms with Crippen molar-refractivity contribution >= 4 is 22.7 Å². The van der Waals surface area contributed by atoms with Gasteiger partial charge in [-0.05, 0) is 49.2 Å². The van der Waals surface area contributed by atoms with Gasteiger partial charge < -0.3 is 0 Å². The van der Waals surface area contributed by atoms with Crippen LogP contribution in [0.1, 0.15) is 11.1 Å². The molecule has 0 spiro atoms. The Balaban J connectivity index is 2.34. The second kappa shape index (κ2) is 6.42. The van der Waals surface area contributed by atoms with Crippen molar-refractivity contribution in [3.8, 4) is 5.69 Å². The lowest BCUT2D eigenvalue weighted by molar-refractivity contribution is 0.819. The van der Waals surface area contributed by atoms with Gasteiger partial charge in [-0.2, -0.15) is 0 Å². The van der Waals surface area contributed by atoms with Gasteiger partial charge in [0.1, 0.15) is 0 Å². The highest BCUT2D eigenvalue weighted by Crippen LogP contribution is 2.22. The van der Waals surface area contributed by atoms with Crippen LogP contribution in [-0.2, 0) is 0 Å². The Morgan fingerprint density at radius 1 is 1.17 bits per heavy atom. The van der Waals surface area contributed by atoms with Crippen LogP contribution in [0.15, 0.2) is 65.1 Å². The molecule has 0 fully saturated rings. The topological polar surface area (TPSA) is 34.9 Å². The number of para-hydroxylation sites is 1. The van der Waals surface area contributed by atoms with Gasteiger partial charge in [0, 0.05) is 5.75 Å². The van der Waals surface area contributed by atoms with Gasteiger partial charge in [-0.15, -0.1) is 6.58 Å². The minimum Gasteiger partial charge on any atom is -0.268 e. The van der Waals surface area contributed by atoms with Crippen LogP contribution in [0.3, 0.4) is 0 Å². The molecule has 116 valence electrons. The summed E-state index contributed by atoms with van der Waals surface area (Å²) in [7, 11) is 0. The standard InChI is InChI=1S/C19H18N2OS/c1-4-9-23-19-20-17-8-6-5-7-16(17)18(22)21(19)15-11-13(2)10-14(3)12-15/h4-8,10-12H,1,9H2,2-3H3. The highest BCUT2D eigenvalue weighted by Gasteiger charge is 2.13. The Kier molecular flexibility index (Phi) is 4.35. The Hall–Kier alpha value is -2.33. The van der Waals surface area contributed by atoms with Crippen molar-refractivity contribution in [1.29, 1.82) is 0 Å². The zero-order valence-corrected chi connectivity index (χ0v) is 14.1. The van der Waals surface area contributed by atoms with Crippen molar-refractivity contribution in [3.05, 3.63) is 76.6 Å². The summed E-state index contributed by atoms with van der Waals surface area (Å²) in [6.45, 7) is 7.82. The first-order valence-corrected chi connectivity index (χ1v) is 8.43. The van der Waals surface area contributed by atoms with E-state index in [0.29, 0.717) is 16.3 Å². The minimum atomic E-state index is -0.0350. The number of hydrogen-bond acceptors (Lipinski definition) is 3. The highest BCUT2D eigenvalue weighted by atomic mass is 32.2. The van der Waals surface area contributed by atoms with E-state index in [9.17, 15) is 4.79 Å². The second-order valence-electron chi connectivity index (χ2n) is 5.50. The highest BCUT2D eigenvalue weighted by molar-refractivity contribution is 7.99. The summed E-state index contributed by atoms with van der Waals surface area (Å²) in [5.74, 6) is 0.704. The molecule has 0 bridgehead atoms. The normalized spacial score (nSPS) is 10.9. The summed E-state index contributed by atoms with van der Waals surface area (Å²) >= 11 is 1.52. The fourth-order valence-corrected chi connectivity index (χ4v) is 3.40. The van der Waals surface area contributed by atoms with Gasteiger partial charge in [0.2, 0.25) is 0 Å². The monoisotopic (exact) mass is 322 g/mol. The molecule has 3 nitrogen and oxygen atoms in total. The molecule has 0 aliphatic carbocycles. The van der Waals surface area contributed by atoms with E-state index in [4.69, 9.17) is 0 Å². The van der Waals surface area contributed by atoms with Crippen molar-refractivity contribution in [1.82, 2.24) is 9.55 Å². The number of hydrogen-bond donors (Lipinski definition) is 0. The van der Waals surface area contributed by atoms with Crippen molar-refractivity contribution < 1.29 is 0 Å². The molecule has 0 aliphatic rings. The minimum absolute atomic E-state index is 0.0350. The van der Waals surface area contributed by atoms with E-state index in [0.717, 1.165) is 22.3 Å². The van der Waals surface area contributed by atoms with Crippen LogP contribution in [-0.4, -0.2) is 15.3 Å². The van der Waals surface area contributed by atoms with Gasteiger partial charge in [0.15, 0.2) is 5.16 Å². The summed E-state index contributed by atoms with van der Waals surface area (Å²) in [5, 5.41) is 1.33. The molecule has 1 aromatic heterocycles. The third kappa shape index (κ3) is 3.08. The lowest BCUT2D eigenvalue weighted by Gasteiger charge is -2.14. The fourth-order valence-electron chi connectivity index (χ4n) is 2.65. The lowest BCUT2D eigenvalue weighted by atomic mass is 10.1. The van der Waals surface area contributed by atoms with Gasteiger partial charge in [-0.3, -0.25) is 9.36 Å². The zero-order chi connectivity index (χ0) is 16.4. The van der Waals surface area contributed by atoms with Crippen molar-refractivity contribution in [2.75, 3.05) is 5.75 Å². The molecule has 0 atom stereocenters. The predicted octanol–water partition coefficient (Wildman–Crippen LogP) is 4.28. The Morgan fingerprint density at radius 3 is 2.57 bits per heavy atom. The number of aryl methyl sites for hydroxylation is 2. The number of nitrogens with zero attached hydrogens (tertiary/aromatic N) is 2. The van der Waals surface area contributed by atoms with Gasteiger partial charge in [-0.1, -0.05) is 36.0 Å². The predicted molar refractivity (Wildman–Crippen MR) is 97.7 cm³/mol. The molecule has 23 heavy (non-hydrogen) atoms. The quantitative estimate of drug-likeness (QED) is 0.408.